The third-order valence-corrected chi connectivity index (χ3v) is 6.16. The molecule has 0 fully saturated rings. The molecule has 0 N–H and O–H groups in total. The smallest absolute Gasteiger partial charge is 0.240 e. The van der Waals surface area contributed by atoms with Gasteiger partial charge >= 0.3 is 0 Å². The number of carbonyl (C=O) groups is 1. The molecule has 5 heteroatoms. The molecule has 164 valence electrons. The fourth-order valence-electron chi connectivity index (χ4n) is 4.63. The van der Waals surface area contributed by atoms with Crippen LogP contribution in [0.4, 0.5) is 0 Å². The van der Waals surface area contributed by atoms with E-state index in [9.17, 15) is 4.79 Å². The van der Waals surface area contributed by atoms with Crippen molar-refractivity contribution >= 4 is 22.5 Å². The first-order valence-corrected chi connectivity index (χ1v) is 11.0. The average molecular weight is 436 g/mol. The molecule has 0 spiro atoms. The Morgan fingerprint density at radius 3 is 2.33 bits per heavy atom. The second-order valence-corrected chi connectivity index (χ2v) is 8.23. The first-order valence-electron chi connectivity index (χ1n) is 11.0. The highest BCUT2D eigenvalue weighted by molar-refractivity contribution is 6.13. The number of fused-ring (bicyclic) bond motifs is 1. The molecule has 0 radical (unpaired) electrons. The Balaban J connectivity index is 1.68. The number of amides is 1. The number of hydrazone groups is 1. The Morgan fingerprint density at radius 1 is 0.939 bits per heavy atom. The molecular weight excluding hydrogens is 410 g/mol. The number of aromatic nitrogens is 1. The number of aryl methyl sites for hydroxylation is 1. The van der Waals surface area contributed by atoms with Crippen LogP contribution >= 0.6 is 0 Å². The predicted octanol–water partition coefficient (Wildman–Crippen LogP) is 5.92. The van der Waals surface area contributed by atoms with E-state index in [1.807, 2.05) is 67.6 Å². The molecule has 0 unspecified atom stereocenters. The molecule has 3 aromatic carbocycles. The highest BCUT2D eigenvalue weighted by Crippen LogP contribution is 2.39. The molecule has 1 aliphatic rings. The third-order valence-electron chi connectivity index (χ3n) is 6.16. The Bertz CT molecular complexity index is 1360. The van der Waals surface area contributed by atoms with Gasteiger partial charge < -0.3 is 4.74 Å². The number of methoxy groups -OCH3 is 1. The molecule has 1 aromatic heterocycles. The zero-order chi connectivity index (χ0) is 22.9. The highest BCUT2D eigenvalue weighted by Gasteiger charge is 2.33. The standard InChI is InChI=1S/C28H25N3O2/c1-18-27(28(21-9-5-4-6-10-21)23-11-7-8-12-24(23)29-18)25-17-26(31(30-25)19(2)32)20-13-15-22(33-3)16-14-20/h4-16,26H,17H2,1-3H3/t26-/m1/s1. The second-order valence-electron chi connectivity index (χ2n) is 8.23. The number of benzene rings is 3. The topological polar surface area (TPSA) is 54.8 Å². The summed E-state index contributed by atoms with van der Waals surface area (Å²) in [6.45, 7) is 3.59. The van der Waals surface area contributed by atoms with Crippen molar-refractivity contribution in [2.24, 2.45) is 5.10 Å². The van der Waals surface area contributed by atoms with Crippen LogP contribution < -0.4 is 4.74 Å². The van der Waals surface area contributed by atoms with Gasteiger partial charge in [0, 0.05) is 35.6 Å². The van der Waals surface area contributed by atoms with E-state index >= 15 is 0 Å². The van der Waals surface area contributed by atoms with Gasteiger partial charge in [-0.1, -0.05) is 60.7 Å². The second kappa shape index (κ2) is 8.51. The zero-order valence-corrected chi connectivity index (χ0v) is 18.9. The monoisotopic (exact) mass is 435 g/mol. The van der Waals surface area contributed by atoms with Crippen LogP contribution in [-0.4, -0.2) is 28.7 Å². The largest absolute Gasteiger partial charge is 0.497 e. The van der Waals surface area contributed by atoms with Crippen LogP contribution in [-0.2, 0) is 4.79 Å². The van der Waals surface area contributed by atoms with Crippen molar-refractivity contribution in [2.45, 2.75) is 26.3 Å². The van der Waals surface area contributed by atoms with E-state index in [1.165, 1.54) is 0 Å². The number of para-hydroxylation sites is 1. The molecule has 1 aliphatic heterocycles. The Morgan fingerprint density at radius 2 is 1.64 bits per heavy atom. The van der Waals surface area contributed by atoms with Crippen LogP contribution in [0, 0.1) is 6.92 Å². The maximum atomic E-state index is 12.6. The molecule has 2 heterocycles. The summed E-state index contributed by atoms with van der Waals surface area (Å²) in [5.74, 6) is 0.701. The summed E-state index contributed by atoms with van der Waals surface area (Å²) in [7, 11) is 1.65. The quantitative estimate of drug-likeness (QED) is 0.400. The number of hydrogen-bond donors (Lipinski definition) is 0. The van der Waals surface area contributed by atoms with Gasteiger partial charge in [0.15, 0.2) is 0 Å². The van der Waals surface area contributed by atoms with E-state index in [2.05, 4.69) is 18.2 Å². The van der Waals surface area contributed by atoms with Crippen molar-refractivity contribution in [3.8, 4) is 16.9 Å². The van der Waals surface area contributed by atoms with E-state index in [4.69, 9.17) is 14.8 Å². The summed E-state index contributed by atoms with van der Waals surface area (Å²) >= 11 is 0. The van der Waals surface area contributed by atoms with E-state index in [0.29, 0.717) is 6.42 Å². The number of rotatable bonds is 4. The Hall–Kier alpha value is -3.99. The van der Waals surface area contributed by atoms with Crippen LogP contribution in [0.15, 0.2) is 84.0 Å². The zero-order valence-electron chi connectivity index (χ0n) is 18.9. The maximum Gasteiger partial charge on any atom is 0.240 e. The van der Waals surface area contributed by atoms with E-state index < -0.39 is 0 Å². The van der Waals surface area contributed by atoms with Gasteiger partial charge in [-0.25, -0.2) is 5.01 Å². The summed E-state index contributed by atoms with van der Waals surface area (Å²) in [5, 5.41) is 7.52. The lowest BCUT2D eigenvalue weighted by Gasteiger charge is -2.20. The van der Waals surface area contributed by atoms with Crippen molar-refractivity contribution < 1.29 is 9.53 Å². The summed E-state index contributed by atoms with van der Waals surface area (Å²) in [5.41, 5.74) is 6.98. The first-order chi connectivity index (χ1) is 16.1. The SMILES string of the molecule is COc1ccc([C@H]2CC(c3c(C)nc4ccccc4c3-c3ccccc3)=NN2C(C)=O)cc1. The van der Waals surface area contributed by atoms with Gasteiger partial charge in [0.1, 0.15) is 5.75 Å². The molecule has 0 aliphatic carbocycles. The molecule has 1 amide bonds. The summed E-state index contributed by atoms with van der Waals surface area (Å²) in [4.78, 5) is 17.5. The van der Waals surface area contributed by atoms with Gasteiger partial charge in [-0.2, -0.15) is 5.10 Å². The average Bonchev–Trinajstić information content (AvgIpc) is 3.29. The lowest BCUT2D eigenvalue weighted by atomic mass is 9.89. The van der Waals surface area contributed by atoms with Gasteiger partial charge in [0.25, 0.3) is 0 Å². The minimum Gasteiger partial charge on any atom is -0.497 e. The van der Waals surface area contributed by atoms with E-state index in [1.54, 1.807) is 19.0 Å². The summed E-state index contributed by atoms with van der Waals surface area (Å²) in [6, 6.07) is 26.2. The minimum atomic E-state index is -0.169. The molecule has 4 aromatic rings. The van der Waals surface area contributed by atoms with Crippen molar-refractivity contribution in [2.75, 3.05) is 7.11 Å². The molecule has 0 bridgehead atoms. The lowest BCUT2D eigenvalue weighted by Crippen LogP contribution is -2.24. The molecule has 5 nitrogen and oxygen atoms in total. The molecule has 33 heavy (non-hydrogen) atoms. The molecular formula is C28H25N3O2. The molecule has 5 rings (SSSR count). The number of hydrogen-bond acceptors (Lipinski definition) is 4. The number of carbonyl (C=O) groups excluding carboxylic acids is 1. The minimum absolute atomic E-state index is 0.0847. The lowest BCUT2D eigenvalue weighted by molar-refractivity contribution is -0.130. The molecule has 0 saturated heterocycles. The van der Waals surface area contributed by atoms with Crippen molar-refractivity contribution in [3.63, 3.8) is 0 Å². The van der Waals surface area contributed by atoms with Gasteiger partial charge in [-0.3, -0.25) is 9.78 Å². The Labute approximate surface area is 193 Å². The van der Waals surface area contributed by atoms with Crippen molar-refractivity contribution in [1.82, 2.24) is 9.99 Å². The van der Waals surface area contributed by atoms with Gasteiger partial charge in [-0.15, -0.1) is 0 Å². The van der Waals surface area contributed by atoms with Gasteiger partial charge in [0.05, 0.1) is 24.4 Å². The maximum absolute atomic E-state index is 12.6. The van der Waals surface area contributed by atoms with Gasteiger partial charge in [0.2, 0.25) is 5.91 Å². The van der Waals surface area contributed by atoms with Crippen LogP contribution in [0.2, 0.25) is 0 Å². The summed E-state index contributed by atoms with van der Waals surface area (Å²) in [6.07, 6.45) is 0.618. The fraction of sp³-hybridized carbons (Fsp3) is 0.179. The summed E-state index contributed by atoms with van der Waals surface area (Å²) < 4.78 is 5.30. The normalized spacial score (nSPS) is 15.5. The van der Waals surface area contributed by atoms with Crippen LogP contribution in [0.25, 0.3) is 22.0 Å². The number of pyridine rings is 1. The molecule has 0 saturated carbocycles. The van der Waals surface area contributed by atoms with Crippen LogP contribution in [0.5, 0.6) is 5.75 Å². The first kappa shape index (κ1) is 20.9. The van der Waals surface area contributed by atoms with Crippen molar-refractivity contribution in [3.05, 3.63) is 95.7 Å². The van der Waals surface area contributed by atoms with Crippen molar-refractivity contribution in [1.29, 1.82) is 0 Å². The van der Waals surface area contributed by atoms with Crippen LogP contribution in [0.3, 0.4) is 0 Å². The Kier molecular flexibility index (Phi) is 5.38. The number of nitrogens with zero attached hydrogens (tertiary/aromatic N) is 3. The predicted molar refractivity (Wildman–Crippen MR) is 131 cm³/mol. The number of ether oxygens (including phenoxy) is 1. The van der Waals surface area contributed by atoms with Crippen LogP contribution in [0.1, 0.15) is 36.2 Å². The van der Waals surface area contributed by atoms with E-state index in [0.717, 1.165) is 50.3 Å². The highest BCUT2D eigenvalue weighted by atomic mass is 16.5. The van der Waals surface area contributed by atoms with Gasteiger partial charge in [-0.05, 0) is 36.2 Å². The third kappa shape index (κ3) is 3.76. The molecule has 1 atom stereocenters. The fourth-order valence-corrected chi connectivity index (χ4v) is 4.63. The van der Waals surface area contributed by atoms with E-state index in [-0.39, 0.29) is 11.9 Å².